The summed E-state index contributed by atoms with van der Waals surface area (Å²) in [5.41, 5.74) is 1.88. The van der Waals surface area contributed by atoms with Gasteiger partial charge in [-0.15, -0.1) is 0 Å². The third-order valence-corrected chi connectivity index (χ3v) is 3.11. The molecule has 16 heavy (non-hydrogen) atoms. The molecule has 0 amide bonds. The number of aromatic nitrogens is 2. The first kappa shape index (κ1) is 11.0. The predicted octanol–water partition coefficient (Wildman–Crippen LogP) is 2.95. The number of aromatic hydroxyl groups is 1. The van der Waals surface area contributed by atoms with E-state index in [1.165, 1.54) is 11.8 Å². The van der Waals surface area contributed by atoms with Gasteiger partial charge in [0.25, 0.3) is 0 Å². The topological polar surface area (TPSA) is 46.0 Å². The molecule has 1 N–H and O–H groups in total. The van der Waals surface area contributed by atoms with Crippen LogP contribution < -0.4 is 0 Å². The summed E-state index contributed by atoms with van der Waals surface area (Å²) < 4.78 is 0. The summed E-state index contributed by atoms with van der Waals surface area (Å²) in [4.78, 5) is 9.62. The Morgan fingerprint density at radius 3 is 2.69 bits per heavy atom. The number of aryl methyl sites for hydroxylation is 2. The average Bonchev–Trinajstić information content (AvgIpc) is 2.24. The van der Waals surface area contributed by atoms with Crippen molar-refractivity contribution >= 4 is 11.8 Å². The third kappa shape index (κ3) is 2.52. The Hall–Kier alpha value is -1.55. The van der Waals surface area contributed by atoms with Crippen LogP contribution in [0, 0.1) is 13.8 Å². The largest absolute Gasteiger partial charge is 0.508 e. The molecule has 0 aliphatic carbocycles. The van der Waals surface area contributed by atoms with Crippen molar-refractivity contribution in [3.05, 3.63) is 41.9 Å². The fourth-order valence-electron chi connectivity index (χ4n) is 1.24. The highest BCUT2D eigenvalue weighted by molar-refractivity contribution is 7.99. The Morgan fingerprint density at radius 1 is 1.19 bits per heavy atom. The van der Waals surface area contributed by atoms with Gasteiger partial charge in [-0.3, -0.25) is 4.98 Å². The standard InChI is InChI=1S/C12H12N2OS/c1-8-9(2)14-12(7-13-8)16-11-5-3-4-10(15)6-11/h3-7,15H,1-2H3. The molecule has 1 heterocycles. The van der Waals surface area contributed by atoms with E-state index in [0.29, 0.717) is 0 Å². The van der Waals surface area contributed by atoms with Crippen LogP contribution >= 0.6 is 11.8 Å². The molecular formula is C12H12N2OS. The summed E-state index contributed by atoms with van der Waals surface area (Å²) in [6.07, 6.45) is 1.75. The zero-order valence-electron chi connectivity index (χ0n) is 9.14. The number of phenols is 1. The van der Waals surface area contributed by atoms with Gasteiger partial charge in [0.05, 0.1) is 17.6 Å². The lowest BCUT2D eigenvalue weighted by molar-refractivity contribution is 0.474. The molecule has 0 atom stereocenters. The second-order valence-corrected chi connectivity index (χ2v) is 4.57. The van der Waals surface area contributed by atoms with E-state index in [1.807, 2.05) is 26.0 Å². The Bertz CT molecular complexity index is 514. The maximum absolute atomic E-state index is 9.34. The molecule has 2 aromatic rings. The van der Waals surface area contributed by atoms with Crippen LogP contribution in [0.25, 0.3) is 0 Å². The van der Waals surface area contributed by atoms with Gasteiger partial charge in [-0.2, -0.15) is 0 Å². The molecular weight excluding hydrogens is 220 g/mol. The van der Waals surface area contributed by atoms with Gasteiger partial charge in [0, 0.05) is 4.90 Å². The summed E-state index contributed by atoms with van der Waals surface area (Å²) in [6, 6.07) is 7.10. The highest BCUT2D eigenvalue weighted by atomic mass is 32.2. The number of hydrogen-bond donors (Lipinski definition) is 1. The second kappa shape index (κ2) is 4.53. The number of phenolic OH excluding ortho intramolecular Hbond substituents is 1. The highest BCUT2D eigenvalue weighted by Crippen LogP contribution is 2.28. The van der Waals surface area contributed by atoms with Crippen LogP contribution in [-0.4, -0.2) is 15.1 Å². The van der Waals surface area contributed by atoms with Crippen LogP contribution in [0.15, 0.2) is 40.4 Å². The minimum absolute atomic E-state index is 0.266. The lowest BCUT2D eigenvalue weighted by Gasteiger charge is -2.03. The Balaban J connectivity index is 2.24. The third-order valence-electron chi connectivity index (χ3n) is 2.21. The van der Waals surface area contributed by atoms with Crippen LogP contribution in [-0.2, 0) is 0 Å². The van der Waals surface area contributed by atoms with Crippen molar-refractivity contribution < 1.29 is 5.11 Å². The lowest BCUT2D eigenvalue weighted by atomic mass is 10.3. The van der Waals surface area contributed by atoms with Gasteiger partial charge >= 0.3 is 0 Å². The second-order valence-electron chi connectivity index (χ2n) is 3.48. The van der Waals surface area contributed by atoms with Gasteiger partial charge in [0.1, 0.15) is 10.8 Å². The van der Waals surface area contributed by atoms with Crippen molar-refractivity contribution in [2.45, 2.75) is 23.8 Å². The summed E-state index contributed by atoms with van der Waals surface area (Å²) in [7, 11) is 0. The van der Waals surface area contributed by atoms with E-state index >= 15 is 0 Å². The van der Waals surface area contributed by atoms with E-state index in [-0.39, 0.29) is 5.75 Å². The van der Waals surface area contributed by atoms with Crippen LogP contribution in [0.3, 0.4) is 0 Å². The van der Waals surface area contributed by atoms with Crippen molar-refractivity contribution in [1.82, 2.24) is 9.97 Å². The van der Waals surface area contributed by atoms with Gasteiger partial charge in [-0.25, -0.2) is 4.98 Å². The van der Waals surface area contributed by atoms with Crippen molar-refractivity contribution in [2.75, 3.05) is 0 Å². The first-order valence-electron chi connectivity index (χ1n) is 4.92. The number of nitrogens with zero attached hydrogens (tertiary/aromatic N) is 2. The number of benzene rings is 1. The molecule has 1 aromatic carbocycles. The summed E-state index contributed by atoms with van der Waals surface area (Å²) in [5, 5.41) is 10.2. The fraction of sp³-hybridized carbons (Fsp3) is 0.167. The van der Waals surface area contributed by atoms with Gasteiger partial charge in [-0.1, -0.05) is 17.8 Å². The molecule has 0 saturated heterocycles. The first-order chi connectivity index (χ1) is 7.65. The molecule has 82 valence electrons. The van der Waals surface area contributed by atoms with Crippen LogP contribution in [0.2, 0.25) is 0 Å². The average molecular weight is 232 g/mol. The minimum Gasteiger partial charge on any atom is -0.508 e. The van der Waals surface area contributed by atoms with Gasteiger partial charge in [0.15, 0.2) is 0 Å². The zero-order valence-corrected chi connectivity index (χ0v) is 9.95. The quantitative estimate of drug-likeness (QED) is 0.864. The van der Waals surface area contributed by atoms with Crippen molar-refractivity contribution in [3.63, 3.8) is 0 Å². The summed E-state index contributed by atoms with van der Waals surface area (Å²) >= 11 is 1.49. The molecule has 0 saturated carbocycles. The van der Waals surface area contributed by atoms with E-state index in [2.05, 4.69) is 9.97 Å². The predicted molar refractivity (Wildman–Crippen MR) is 63.7 cm³/mol. The Morgan fingerprint density at radius 2 is 2.00 bits per heavy atom. The van der Waals surface area contributed by atoms with E-state index in [4.69, 9.17) is 0 Å². The molecule has 4 heteroatoms. The number of hydrogen-bond acceptors (Lipinski definition) is 4. The molecule has 1 aromatic heterocycles. The number of rotatable bonds is 2. The molecule has 0 unspecified atom stereocenters. The fourth-order valence-corrected chi connectivity index (χ4v) is 2.09. The Labute approximate surface area is 98.6 Å². The van der Waals surface area contributed by atoms with Gasteiger partial charge in [-0.05, 0) is 32.0 Å². The van der Waals surface area contributed by atoms with Crippen LogP contribution in [0.4, 0.5) is 0 Å². The monoisotopic (exact) mass is 232 g/mol. The zero-order chi connectivity index (χ0) is 11.5. The smallest absolute Gasteiger partial charge is 0.119 e. The maximum atomic E-state index is 9.34. The van der Waals surface area contributed by atoms with E-state index in [1.54, 1.807) is 18.3 Å². The molecule has 0 aliphatic rings. The molecule has 3 nitrogen and oxygen atoms in total. The summed E-state index contributed by atoms with van der Waals surface area (Å²) in [6.45, 7) is 3.87. The Kier molecular flexibility index (Phi) is 3.10. The van der Waals surface area contributed by atoms with Crippen molar-refractivity contribution in [3.8, 4) is 5.75 Å². The molecule has 0 spiro atoms. The van der Waals surface area contributed by atoms with E-state index < -0.39 is 0 Å². The molecule has 0 aliphatic heterocycles. The van der Waals surface area contributed by atoms with Gasteiger partial charge < -0.3 is 5.11 Å². The molecule has 0 radical (unpaired) electrons. The van der Waals surface area contributed by atoms with E-state index in [0.717, 1.165) is 21.3 Å². The maximum Gasteiger partial charge on any atom is 0.119 e. The minimum atomic E-state index is 0.266. The summed E-state index contributed by atoms with van der Waals surface area (Å²) in [5.74, 6) is 0.266. The van der Waals surface area contributed by atoms with Gasteiger partial charge in [0.2, 0.25) is 0 Å². The highest BCUT2D eigenvalue weighted by Gasteiger charge is 2.02. The van der Waals surface area contributed by atoms with Crippen molar-refractivity contribution in [1.29, 1.82) is 0 Å². The normalized spacial score (nSPS) is 10.4. The molecule has 0 fully saturated rings. The van der Waals surface area contributed by atoms with Crippen LogP contribution in [0.1, 0.15) is 11.4 Å². The van der Waals surface area contributed by atoms with E-state index in [9.17, 15) is 5.11 Å². The van der Waals surface area contributed by atoms with Crippen LogP contribution in [0.5, 0.6) is 5.75 Å². The first-order valence-corrected chi connectivity index (χ1v) is 5.74. The molecule has 0 bridgehead atoms. The van der Waals surface area contributed by atoms with Crippen molar-refractivity contribution in [2.24, 2.45) is 0 Å². The lowest BCUT2D eigenvalue weighted by Crippen LogP contribution is -1.92. The molecule has 2 rings (SSSR count). The SMILES string of the molecule is Cc1ncc(Sc2cccc(O)c2)nc1C.